The van der Waals surface area contributed by atoms with Gasteiger partial charge in [0.1, 0.15) is 0 Å². The van der Waals surface area contributed by atoms with Crippen molar-refractivity contribution in [3.63, 3.8) is 0 Å². The van der Waals surface area contributed by atoms with Crippen LogP contribution in [0.5, 0.6) is 0 Å². The first-order valence-electron chi connectivity index (χ1n) is 5.72. The van der Waals surface area contributed by atoms with Crippen LogP contribution in [-0.2, 0) is 0 Å². The number of ketones is 1. The summed E-state index contributed by atoms with van der Waals surface area (Å²) in [5.74, 6) is 0.209. The summed E-state index contributed by atoms with van der Waals surface area (Å²) in [6.45, 7) is 0. The molecular weight excluding hydrogens is 303 g/mol. The number of carbonyl (C=O) groups excluding carboxylic acids is 1. The zero-order chi connectivity index (χ0) is 12.0. The molecule has 1 rings (SSSR count). The third-order valence-corrected chi connectivity index (χ3v) is 6.46. The molecule has 16 heavy (non-hydrogen) atoms. The van der Waals surface area contributed by atoms with Crippen LogP contribution in [0.4, 0.5) is 0 Å². The van der Waals surface area contributed by atoms with Crippen LogP contribution < -0.4 is 0 Å². The van der Waals surface area contributed by atoms with Crippen molar-refractivity contribution in [3.8, 4) is 0 Å². The van der Waals surface area contributed by atoms with Gasteiger partial charge in [-0.15, -0.1) is 0 Å². The van der Waals surface area contributed by atoms with Crippen LogP contribution in [-0.4, -0.2) is 24.2 Å². The minimum absolute atomic E-state index is 0.209. The summed E-state index contributed by atoms with van der Waals surface area (Å²) >= 11 is -1.67. The van der Waals surface area contributed by atoms with Gasteiger partial charge in [-0.1, -0.05) is 0 Å². The van der Waals surface area contributed by atoms with E-state index in [4.69, 9.17) is 0 Å². The molecule has 2 heteroatoms. The van der Waals surface area contributed by atoms with Gasteiger partial charge in [0.2, 0.25) is 0 Å². The molecule has 0 bridgehead atoms. The molecular formula is C14H20OSn. The number of carbonyl (C=O) groups is 1. The van der Waals surface area contributed by atoms with Crippen molar-refractivity contribution in [1.82, 2.24) is 0 Å². The number of Topliss-reactive ketones (excluding diaryl/α,β-unsaturated/α-hetero) is 1. The molecule has 0 heterocycles. The van der Waals surface area contributed by atoms with Crippen LogP contribution in [0.25, 0.3) is 0 Å². The van der Waals surface area contributed by atoms with E-state index in [2.05, 4.69) is 20.9 Å². The monoisotopic (exact) mass is 324 g/mol. The molecule has 0 N–H and O–H groups in total. The fraction of sp³-hybridized carbons (Fsp3) is 0.357. The number of hydrogen-bond donors (Lipinski definition) is 0. The van der Waals surface area contributed by atoms with Crippen LogP contribution in [0.3, 0.4) is 0 Å². The Bertz CT molecular complexity index is 360. The van der Waals surface area contributed by atoms with Gasteiger partial charge >= 0.3 is 103 Å². The van der Waals surface area contributed by atoms with Gasteiger partial charge in [0.25, 0.3) is 0 Å². The molecule has 0 amide bonds. The summed E-state index contributed by atoms with van der Waals surface area (Å²) in [5, 5.41) is 0. The molecule has 0 fully saturated rings. The third-order valence-electron chi connectivity index (χ3n) is 2.30. The average Bonchev–Trinajstić information content (AvgIpc) is 2.24. The van der Waals surface area contributed by atoms with Crippen LogP contribution in [0, 0.1) is 0 Å². The van der Waals surface area contributed by atoms with Gasteiger partial charge in [-0.25, -0.2) is 0 Å². The number of rotatable bonds is 5. The summed E-state index contributed by atoms with van der Waals surface area (Å²) in [6.07, 6.45) is 4.75. The first-order chi connectivity index (χ1) is 7.49. The molecule has 0 aliphatic heterocycles. The molecule has 1 aromatic rings. The Balaban J connectivity index is 2.42. The number of benzene rings is 1. The van der Waals surface area contributed by atoms with Crippen molar-refractivity contribution in [3.05, 3.63) is 48.0 Å². The summed E-state index contributed by atoms with van der Waals surface area (Å²) in [4.78, 5) is 18.9. The van der Waals surface area contributed by atoms with Crippen LogP contribution in [0.2, 0.25) is 19.3 Å². The summed E-state index contributed by atoms with van der Waals surface area (Å²) in [5.41, 5.74) is 0.812. The quantitative estimate of drug-likeness (QED) is 0.452. The van der Waals surface area contributed by atoms with Gasteiger partial charge in [0.05, 0.1) is 0 Å². The van der Waals surface area contributed by atoms with E-state index in [0.29, 0.717) is 6.42 Å². The van der Waals surface area contributed by atoms with Crippen LogP contribution in [0.1, 0.15) is 16.8 Å². The summed E-state index contributed by atoms with van der Waals surface area (Å²) in [6, 6.07) is 9.49. The molecule has 0 saturated carbocycles. The van der Waals surface area contributed by atoms with Crippen LogP contribution >= 0.6 is 0 Å². The summed E-state index contributed by atoms with van der Waals surface area (Å²) < 4.78 is 1.22. The zero-order valence-electron chi connectivity index (χ0n) is 10.4. The molecule has 0 aliphatic carbocycles. The SMILES string of the molecule is [CH3][Sn]([CH3])([CH3])[CH2]/C=C\CC(=O)c1ccccc1. The maximum atomic E-state index is 11.7. The summed E-state index contributed by atoms with van der Waals surface area (Å²) in [7, 11) is 0. The Morgan fingerprint density at radius 3 is 2.31 bits per heavy atom. The molecule has 0 saturated heterocycles. The molecule has 0 atom stereocenters. The molecule has 0 spiro atoms. The Morgan fingerprint density at radius 2 is 1.75 bits per heavy atom. The van der Waals surface area contributed by atoms with E-state index in [1.807, 2.05) is 36.4 Å². The number of allylic oxidation sites excluding steroid dienone is 2. The van der Waals surface area contributed by atoms with E-state index in [1.54, 1.807) is 0 Å². The Morgan fingerprint density at radius 1 is 1.12 bits per heavy atom. The third kappa shape index (κ3) is 5.50. The first-order valence-corrected chi connectivity index (χ1v) is 16.3. The first kappa shape index (κ1) is 13.5. The predicted molar refractivity (Wildman–Crippen MR) is 72.7 cm³/mol. The second kappa shape index (κ2) is 6.23. The van der Waals surface area contributed by atoms with E-state index in [1.165, 1.54) is 4.44 Å². The number of hydrogen-bond acceptors (Lipinski definition) is 1. The van der Waals surface area contributed by atoms with Crippen molar-refractivity contribution < 1.29 is 4.79 Å². The minimum atomic E-state index is -1.67. The van der Waals surface area contributed by atoms with Gasteiger partial charge in [-0.05, 0) is 0 Å². The fourth-order valence-electron chi connectivity index (χ4n) is 1.37. The second-order valence-electron chi connectivity index (χ2n) is 5.23. The van der Waals surface area contributed by atoms with E-state index < -0.39 is 18.4 Å². The van der Waals surface area contributed by atoms with Gasteiger partial charge in [-0.2, -0.15) is 0 Å². The topological polar surface area (TPSA) is 17.1 Å². The molecule has 86 valence electrons. The van der Waals surface area contributed by atoms with Crippen molar-refractivity contribution in [2.75, 3.05) is 0 Å². The maximum absolute atomic E-state index is 11.7. The molecule has 0 aliphatic rings. The van der Waals surface area contributed by atoms with Crippen molar-refractivity contribution in [1.29, 1.82) is 0 Å². The van der Waals surface area contributed by atoms with Crippen molar-refractivity contribution >= 4 is 24.2 Å². The Labute approximate surface area is 102 Å². The standard InChI is InChI=1S/C11H11O.3CH3.Sn/c1-2-3-9-11(12)10-7-5-4-6-8-10;;;;/h2-8H,1,9H2;3*1H3;/b3-2-;;;;. The van der Waals surface area contributed by atoms with E-state index in [0.717, 1.165) is 5.56 Å². The second-order valence-corrected chi connectivity index (χ2v) is 21.0. The average molecular weight is 323 g/mol. The van der Waals surface area contributed by atoms with Gasteiger partial charge in [0.15, 0.2) is 0 Å². The van der Waals surface area contributed by atoms with Gasteiger partial charge < -0.3 is 0 Å². The van der Waals surface area contributed by atoms with E-state index >= 15 is 0 Å². The molecule has 1 aromatic carbocycles. The molecule has 1 nitrogen and oxygen atoms in total. The van der Waals surface area contributed by atoms with Gasteiger partial charge in [-0.3, -0.25) is 0 Å². The van der Waals surface area contributed by atoms with E-state index in [-0.39, 0.29) is 5.78 Å². The van der Waals surface area contributed by atoms with Gasteiger partial charge in [0, 0.05) is 0 Å². The molecule has 0 unspecified atom stereocenters. The fourth-order valence-corrected chi connectivity index (χ4v) is 3.86. The zero-order valence-corrected chi connectivity index (χ0v) is 13.2. The van der Waals surface area contributed by atoms with Crippen molar-refractivity contribution in [2.45, 2.75) is 25.7 Å². The van der Waals surface area contributed by atoms with Crippen LogP contribution in [0.15, 0.2) is 42.5 Å². The normalized spacial score (nSPS) is 11.9. The predicted octanol–water partition coefficient (Wildman–Crippen LogP) is 4.15. The molecule has 0 radical (unpaired) electrons. The van der Waals surface area contributed by atoms with E-state index in [9.17, 15) is 4.79 Å². The molecule has 0 aromatic heterocycles. The van der Waals surface area contributed by atoms with Crippen molar-refractivity contribution in [2.24, 2.45) is 0 Å². The Hall–Kier alpha value is -0.571. The Kier molecular flexibility index (Phi) is 5.26.